The van der Waals surface area contributed by atoms with Crippen molar-refractivity contribution in [3.8, 4) is 5.75 Å². The van der Waals surface area contributed by atoms with Crippen LogP contribution in [0, 0.1) is 0 Å². The Hall–Kier alpha value is -1.86. The van der Waals surface area contributed by atoms with Gasteiger partial charge in [0.2, 0.25) is 0 Å². The maximum absolute atomic E-state index is 12.1. The van der Waals surface area contributed by atoms with Crippen molar-refractivity contribution in [3.05, 3.63) is 17.7 Å². The number of aromatic nitrogens is 1. The summed E-state index contributed by atoms with van der Waals surface area (Å²) in [6.45, 7) is 1.50. The lowest BCUT2D eigenvalue weighted by atomic mass is 9.92. The standard InChI is InChI=1S/C15H16N2O4S/c1-19-11-4-3-10-13(12(11)14(18)20-2)22-15(16-10)17-8-5-9(17)7-21-6-8/h3-4,8-9H,5-7H2,1-2H3. The van der Waals surface area contributed by atoms with E-state index in [4.69, 9.17) is 19.2 Å². The molecule has 2 atom stereocenters. The second-order valence-corrected chi connectivity index (χ2v) is 6.44. The maximum Gasteiger partial charge on any atom is 0.343 e. The Balaban J connectivity index is 1.82. The molecule has 0 saturated carbocycles. The summed E-state index contributed by atoms with van der Waals surface area (Å²) in [6.07, 6.45) is 1.16. The highest BCUT2D eigenvalue weighted by molar-refractivity contribution is 7.22. The minimum Gasteiger partial charge on any atom is -0.496 e. The van der Waals surface area contributed by atoms with Gasteiger partial charge in [-0.15, -0.1) is 0 Å². The molecule has 1 aromatic carbocycles. The number of carbonyl (C=O) groups excluding carboxylic acids is 1. The summed E-state index contributed by atoms with van der Waals surface area (Å²) in [4.78, 5) is 19.1. The zero-order valence-corrected chi connectivity index (χ0v) is 13.2. The summed E-state index contributed by atoms with van der Waals surface area (Å²) >= 11 is 1.52. The Labute approximate surface area is 131 Å². The molecule has 22 heavy (non-hydrogen) atoms. The van der Waals surface area contributed by atoms with E-state index in [0.29, 0.717) is 23.4 Å². The molecule has 2 saturated heterocycles. The first kappa shape index (κ1) is 13.8. The zero-order chi connectivity index (χ0) is 15.3. The van der Waals surface area contributed by atoms with Crippen molar-refractivity contribution in [2.75, 3.05) is 32.3 Å². The van der Waals surface area contributed by atoms with Gasteiger partial charge in [0.05, 0.1) is 49.7 Å². The molecular formula is C15H16N2O4S. The van der Waals surface area contributed by atoms with Crippen molar-refractivity contribution in [2.45, 2.75) is 18.5 Å². The second kappa shape index (κ2) is 5.10. The van der Waals surface area contributed by atoms with Crippen LogP contribution in [0.1, 0.15) is 16.8 Å². The van der Waals surface area contributed by atoms with Gasteiger partial charge in [-0.05, 0) is 18.6 Å². The van der Waals surface area contributed by atoms with E-state index in [0.717, 1.165) is 35.0 Å². The topological polar surface area (TPSA) is 60.9 Å². The van der Waals surface area contributed by atoms with Crippen LogP contribution in [0.2, 0.25) is 0 Å². The molecule has 2 aliphatic heterocycles. The minimum absolute atomic E-state index is 0.398. The number of anilines is 1. The van der Waals surface area contributed by atoms with E-state index < -0.39 is 5.97 Å². The predicted molar refractivity (Wildman–Crippen MR) is 83.0 cm³/mol. The monoisotopic (exact) mass is 320 g/mol. The van der Waals surface area contributed by atoms with Gasteiger partial charge >= 0.3 is 5.97 Å². The average molecular weight is 320 g/mol. The molecule has 3 heterocycles. The number of nitrogens with zero attached hydrogens (tertiary/aromatic N) is 2. The van der Waals surface area contributed by atoms with Crippen molar-refractivity contribution in [1.29, 1.82) is 0 Å². The molecule has 2 fully saturated rings. The van der Waals surface area contributed by atoms with Crippen LogP contribution in [-0.4, -0.2) is 50.5 Å². The molecule has 2 bridgehead atoms. The molecule has 2 unspecified atom stereocenters. The maximum atomic E-state index is 12.1. The number of thiazole rings is 1. The third-order valence-corrected chi connectivity index (χ3v) is 5.39. The van der Waals surface area contributed by atoms with Crippen LogP contribution in [0.15, 0.2) is 12.1 Å². The van der Waals surface area contributed by atoms with Gasteiger partial charge in [-0.3, -0.25) is 0 Å². The SMILES string of the molecule is COC(=O)c1c(OC)ccc2nc(N3C4COCC3C4)sc12. The molecule has 6 nitrogen and oxygen atoms in total. The van der Waals surface area contributed by atoms with E-state index in [1.165, 1.54) is 18.4 Å². The number of fused-ring (bicyclic) bond motifs is 3. The summed E-state index contributed by atoms with van der Waals surface area (Å²) in [6, 6.07) is 4.45. The fourth-order valence-electron chi connectivity index (χ4n) is 3.19. The van der Waals surface area contributed by atoms with Crippen molar-refractivity contribution < 1.29 is 19.0 Å². The van der Waals surface area contributed by atoms with Crippen LogP contribution in [-0.2, 0) is 9.47 Å². The van der Waals surface area contributed by atoms with Crippen LogP contribution in [0.25, 0.3) is 10.2 Å². The quantitative estimate of drug-likeness (QED) is 0.807. The van der Waals surface area contributed by atoms with E-state index in [9.17, 15) is 4.79 Å². The summed E-state index contributed by atoms with van der Waals surface area (Å²) in [5.74, 6) is 0.117. The first-order valence-corrected chi connectivity index (χ1v) is 7.96. The van der Waals surface area contributed by atoms with E-state index in [1.807, 2.05) is 6.07 Å². The molecule has 7 heteroatoms. The lowest BCUT2D eigenvalue weighted by molar-refractivity contribution is 0.0103. The van der Waals surface area contributed by atoms with Crippen LogP contribution in [0.5, 0.6) is 5.75 Å². The zero-order valence-electron chi connectivity index (χ0n) is 12.4. The summed E-state index contributed by atoms with van der Waals surface area (Å²) in [5, 5.41) is 0.943. The highest BCUT2D eigenvalue weighted by Gasteiger charge is 2.44. The Morgan fingerprint density at radius 3 is 2.77 bits per heavy atom. The number of esters is 1. The molecule has 0 aliphatic carbocycles. The Bertz CT molecular complexity index is 730. The second-order valence-electron chi connectivity index (χ2n) is 5.47. The average Bonchev–Trinajstić information content (AvgIpc) is 2.96. The molecule has 0 amide bonds. The number of methoxy groups -OCH3 is 2. The van der Waals surface area contributed by atoms with Crippen molar-refractivity contribution in [3.63, 3.8) is 0 Å². The van der Waals surface area contributed by atoms with Crippen molar-refractivity contribution >= 4 is 32.7 Å². The Kier molecular flexibility index (Phi) is 3.19. The number of ether oxygens (including phenoxy) is 3. The lowest BCUT2D eigenvalue weighted by Gasteiger charge is -2.52. The highest BCUT2D eigenvalue weighted by Crippen LogP contribution is 2.42. The molecule has 4 rings (SSSR count). The van der Waals surface area contributed by atoms with Gasteiger partial charge in [-0.1, -0.05) is 11.3 Å². The van der Waals surface area contributed by atoms with Crippen LogP contribution in [0.4, 0.5) is 5.13 Å². The van der Waals surface area contributed by atoms with Crippen molar-refractivity contribution in [2.24, 2.45) is 0 Å². The van der Waals surface area contributed by atoms with Gasteiger partial charge in [0.1, 0.15) is 11.3 Å². The third-order valence-electron chi connectivity index (χ3n) is 4.29. The molecule has 0 radical (unpaired) electrons. The fraction of sp³-hybridized carbons (Fsp3) is 0.467. The normalized spacial score (nSPS) is 23.3. The van der Waals surface area contributed by atoms with Gasteiger partial charge in [0.25, 0.3) is 0 Å². The first-order chi connectivity index (χ1) is 10.7. The number of hydrogen-bond donors (Lipinski definition) is 0. The first-order valence-electron chi connectivity index (χ1n) is 7.15. The molecular weight excluding hydrogens is 304 g/mol. The summed E-state index contributed by atoms with van der Waals surface area (Å²) < 4.78 is 16.5. The molecule has 2 aliphatic rings. The van der Waals surface area contributed by atoms with E-state index in [1.54, 1.807) is 13.2 Å². The third kappa shape index (κ3) is 1.89. The van der Waals surface area contributed by atoms with E-state index in [2.05, 4.69) is 4.90 Å². The van der Waals surface area contributed by atoms with Gasteiger partial charge in [0.15, 0.2) is 5.13 Å². The Morgan fingerprint density at radius 2 is 2.14 bits per heavy atom. The molecule has 1 aromatic heterocycles. The number of hydrogen-bond acceptors (Lipinski definition) is 7. The van der Waals surface area contributed by atoms with Gasteiger partial charge in [-0.2, -0.15) is 0 Å². The smallest absolute Gasteiger partial charge is 0.343 e. The molecule has 2 aromatic rings. The van der Waals surface area contributed by atoms with Crippen molar-refractivity contribution in [1.82, 2.24) is 4.98 Å². The predicted octanol–water partition coefficient (Wildman–Crippen LogP) is 2.07. The van der Waals surface area contributed by atoms with Crippen LogP contribution in [0.3, 0.4) is 0 Å². The molecule has 0 N–H and O–H groups in total. The number of benzene rings is 1. The summed E-state index contributed by atoms with van der Waals surface area (Å²) in [7, 11) is 2.92. The minimum atomic E-state index is -0.398. The molecule has 0 spiro atoms. The molecule has 116 valence electrons. The number of morpholine rings is 1. The van der Waals surface area contributed by atoms with Gasteiger partial charge in [-0.25, -0.2) is 9.78 Å². The highest BCUT2D eigenvalue weighted by atomic mass is 32.1. The van der Waals surface area contributed by atoms with Crippen LogP contribution < -0.4 is 9.64 Å². The van der Waals surface area contributed by atoms with E-state index >= 15 is 0 Å². The Morgan fingerprint density at radius 1 is 1.36 bits per heavy atom. The van der Waals surface area contributed by atoms with Gasteiger partial charge < -0.3 is 19.1 Å². The summed E-state index contributed by atoms with van der Waals surface area (Å²) in [5.41, 5.74) is 1.25. The lowest BCUT2D eigenvalue weighted by Crippen LogP contribution is -2.64. The van der Waals surface area contributed by atoms with E-state index in [-0.39, 0.29) is 0 Å². The largest absolute Gasteiger partial charge is 0.496 e. The van der Waals surface area contributed by atoms with Gasteiger partial charge in [0, 0.05) is 0 Å². The number of carbonyl (C=O) groups is 1. The van der Waals surface area contributed by atoms with Crippen LogP contribution >= 0.6 is 11.3 Å². The number of rotatable bonds is 3. The fourth-order valence-corrected chi connectivity index (χ4v) is 4.42.